The molecule has 0 aliphatic carbocycles. The van der Waals surface area contributed by atoms with Gasteiger partial charge in [0.25, 0.3) is 0 Å². The standard InChI is InChI=1S/C12H22BrN5S/c1-16(2)7-5-6-14-12(19)17(3)9-11-10(13)8-15-18(11)4/h8H,5-7,9H2,1-4H3,(H,14,19). The summed E-state index contributed by atoms with van der Waals surface area (Å²) in [4.78, 5) is 4.19. The molecule has 0 saturated heterocycles. The lowest BCUT2D eigenvalue weighted by Gasteiger charge is -2.21. The van der Waals surface area contributed by atoms with Crippen LogP contribution in [0.25, 0.3) is 0 Å². The molecule has 0 bridgehead atoms. The highest BCUT2D eigenvalue weighted by Crippen LogP contribution is 2.16. The number of aromatic nitrogens is 2. The Bertz CT molecular complexity index is 399. The number of aryl methyl sites for hydroxylation is 1. The zero-order chi connectivity index (χ0) is 14.4. The third-order valence-electron chi connectivity index (χ3n) is 2.80. The summed E-state index contributed by atoms with van der Waals surface area (Å²) in [6, 6.07) is 0. The first-order valence-electron chi connectivity index (χ1n) is 6.22. The largest absolute Gasteiger partial charge is 0.363 e. The average molecular weight is 348 g/mol. The topological polar surface area (TPSA) is 36.3 Å². The van der Waals surface area contributed by atoms with Crippen molar-refractivity contribution in [3.8, 4) is 0 Å². The highest BCUT2D eigenvalue weighted by atomic mass is 79.9. The van der Waals surface area contributed by atoms with Gasteiger partial charge >= 0.3 is 0 Å². The molecule has 0 atom stereocenters. The van der Waals surface area contributed by atoms with Crippen LogP contribution in [0.2, 0.25) is 0 Å². The van der Waals surface area contributed by atoms with Gasteiger partial charge in [-0.1, -0.05) is 0 Å². The van der Waals surface area contributed by atoms with Crippen LogP contribution in [-0.2, 0) is 13.6 Å². The first kappa shape index (κ1) is 16.4. The minimum absolute atomic E-state index is 0.733. The predicted molar refractivity (Wildman–Crippen MR) is 86.1 cm³/mol. The summed E-state index contributed by atoms with van der Waals surface area (Å²) in [5.41, 5.74) is 1.11. The molecule has 1 N–H and O–H groups in total. The van der Waals surface area contributed by atoms with Gasteiger partial charge in [0.2, 0.25) is 0 Å². The molecule has 0 aliphatic heterocycles. The second-order valence-electron chi connectivity index (χ2n) is 4.81. The van der Waals surface area contributed by atoms with E-state index in [1.54, 1.807) is 6.20 Å². The van der Waals surface area contributed by atoms with Gasteiger partial charge in [-0.25, -0.2) is 0 Å². The summed E-state index contributed by atoms with van der Waals surface area (Å²) < 4.78 is 2.87. The highest BCUT2D eigenvalue weighted by molar-refractivity contribution is 9.10. The molecule has 0 fully saturated rings. The van der Waals surface area contributed by atoms with Crippen LogP contribution in [0.1, 0.15) is 12.1 Å². The van der Waals surface area contributed by atoms with Crippen LogP contribution in [0.4, 0.5) is 0 Å². The normalized spacial score (nSPS) is 10.8. The fourth-order valence-electron chi connectivity index (χ4n) is 1.64. The van der Waals surface area contributed by atoms with Gasteiger partial charge in [-0.3, -0.25) is 4.68 Å². The Morgan fingerprint density at radius 3 is 2.68 bits per heavy atom. The van der Waals surface area contributed by atoms with E-state index >= 15 is 0 Å². The summed E-state index contributed by atoms with van der Waals surface area (Å²) in [7, 11) is 8.07. The maximum absolute atomic E-state index is 5.37. The summed E-state index contributed by atoms with van der Waals surface area (Å²) >= 11 is 8.87. The van der Waals surface area contributed by atoms with Gasteiger partial charge in [0.15, 0.2) is 5.11 Å². The lowest BCUT2D eigenvalue weighted by atomic mass is 10.4. The Hall–Kier alpha value is -0.660. The molecule has 1 aromatic rings. The third-order valence-corrected chi connectivity index (χ3v) is 3.92. The fraction of sp³-hybridized carbons (Fsp3) is 0.667. The first-order chi connectivity index (χ1) is 8.91. The van der Waals surface area contributed by atoms with Gasteiger partial charge in [0, 0.05) is 20.6 Å². The van der Waals surface area contributed by atoms with Gasteiger partial charge in [-0.05, 0) is 55.2 Å². The van der Waals surface area contributed by atoms with E-state index in [-0.39, 0.29) is 0 Å². The lowest BCUT2D eigenvalue weighted by Crippen LogP contribution is -2.38. The van der Waals surface area contributed by atoms with E-state index in [1.807, 2.05) is 23.7 Å². The van der Waals surface area contributed by atoms with Crippen LogP contribution in [0.3, 0.4) is 0 Å². The molecule has 0 aliphatic rings. The number of thiocarbonyl (C=S) groups is 1. The van der Waals surface area contributed by atoms with Crippen LogP contribution in [0.5, 0.6) is 0 Å². The molecule has 1 aromatic heterocycles. The van der Waals surface area contributed by atoms with Gasteiger partial charge in [-0.15, -0.1) is 0 Å². The second-order valence-corrected chi connectivity index (χ2v) is 6.05. The third kappa shape index (κ3) is 5.46. The van der Waals surface area contributed by atoms with E-state index < -0.39 is 0 Å². The lowest BCUT2D eigenvalue weighted by molar-refractivity contribution is 0.396. The molecular formula is C12H22BrN5S. The maximum atomic E-state index is 5.37. The predicted octanol–water partition coefficient (Wildman–Crippen LogP) is 1.44. The zero-order valence-electron chi connectivity index (χ0n) is 12.0. The van der Waals surface area contributed by atoms with Crippen LogP contribution in [0.15, 0.2) is 10.7 Å². The molecule has 19 heavy (non-hydrogen) atoms. The van der Waals surface area contributed by atoms with Crippen LogP contribution >= 0.6 is 28.1 Å². The van der Waals surface area contributed by atoms with Crippen LogP contribution < -0.4 is 5.32 Å². The minimum Gasteiger partial charge on any atom is -0.363 e. The number of hydrogen-bond donors (Lipinski definition) is 1. The minimum atomic E-state index is 0.733. The first-order valence-corrected chi connectivity index (χ1v) is 7.42. The number of nitrogens with one attached hydrogen (secondary N) is 1. The molecule has 108 valence electrons. The Labute approximate surface area is 129 Å². The van der Waals surface area contributed by atoms with Crippen LogP contribution in [0, 0.1) is 0 Å². The number of hydrogen-bond acceptors (Lipinski definition) is 3. The van der Waals surface area contributed by atoms with Crippen molar-refractivity contribution >= 4 is 33.3 Å². The molecule has 7 heteroatoms. The molecule has 5 nitrogen and oxygen atoms in total. The van der Waals surface area contributed by atoms with Crippen molar-refractivity contribution in [3.05, 3.63) is 16.4 Å². The number of rotatable bonds is 6. The van der Waals surface area contributed by atoms with E-state index in [0.29, 0.717) is 0 Å². The summed E-state index contributed by atoms with van der Waals surface area (Å²) in [5.74, 6) is 0. The van der Waals surface area contributed by atoms with Gasteiger partial charge in [0.1, 0.15) is 0 Å². The maximum Gasteiger partial charge on any atom is 0.169 e. The van der Waals surface area contributed by atoms with Crippen LogP contribution in [-0.4, -0.2) is 58.9 Å². The van der Waals surface area contributed by atoms with Gasteiger partial charge in [-0.2, -0.15) is 5.10 Å². The van der Waals surface area contributed by atoms with E-state index in [1.165, 1.54) is 0 Å². The molecule has 0 radical (unpaired) electrons. The Kier molecular flexibility index (Phi) is 6.74. The van der Waals surface area contributed by atoms with Gasteiger partial charge < -0.3 is 15.1 Å². The van der Waals surface area contributed by atoms with Crippen molar-refractivity contribution in [2.75, 3.05) is 34.2 Å². The second kappa shape index (κ2) is 7.81. The molecular weight excluding hydrogens is 326 g/mol. The highest BCUT2D eigenvalue weighted by Gasteiger charge is 2.11. The van der Waals surface area contributed by atoms with E-state index in [9.17, 15) is 0 Å². The van der Waals surface area contributed by atoms with Crippen molar-refractivity contribution in [2.45, 2.75) is 13.0 Å². The molecule has 0 unspecified atom stereocenters. The van der Waals surface area contributed by atoms with E-state index in [0.717, 1.165) is 41.3 Å². The van der Waals surface area contributed by atoms with Crippen molar-refractivity contribution in [3.63, 3.8) is 0 Å². The quantitative estimate of drug-likeness (QED) is 0.622. The molecule has 0 amide bonds. The zero-order valence-corrected chi connectivity index (χ0v) is 14.4. The molecule has 0 spiro atoms. The van der Waals surface area contributed by atoms with Gasteiger partial charge in [0.05, 0.1) is 22.9 Å². The summed E-state index contributed by atoms with van der Waals surface area (Å²) in [5, 5.41) is 8.24. The van der Waals surface area contributed by atoms with Crippen molar-refractivity contribution in [2.24, 2.45) is 7.05 Å². The molecule has 0 saturated carbocycles. The Morgan fingerprint density at radius 2 is 2.16 bits per heavy atom. The summed E-state index contributed by atoms with van der Waals surface area (Å²) in [6.45, 7) is 2.69. The Morgan fingerprint density at radius 1 is 1.47 bits per heavy atom. The SMILES string of the molecule is CN(C)CCCNC(=S)N(C)Cc1c(Br)cnn1C. The molecule has 0 aromatic carbocycles. The van der Waals surface area contributed by atoms with Crippen molar-refractivity contribution in [1.82, 2.24) is 24.9 Å². The Balaban J connectivity index is 2.37. The fourth-order valence-corrected chi connectivity index (χ4v) is 2.28. The molecule has 1 rings (SSSR count). The molecule has 1 heterocycles. The number of halogens is 1. The smallest absolute Gasteiger partial charge is 0.169 e. The number of nitrogens with zero attached hydrogens (tertiary/aromatic N) is 4. The average Bonchev–Trinajstić information content (AvgIpc) is 2.65. The van der Waals surface area contributed by atoms with E-state index in [4.69, 9.17) is 12.2 Å². The summed E-state index contributed by atoms with van der Waals surface area (Å²) in [6.07, 6.45) is 2.88. The van der Waals surface area contributed by atoms with E-state index in [2.05, 4.69) is 45.3 Å². The monoisotopic (exact) mass is 347 g/mol. The van der Waals surface area contributed by atoms with Crippen molar-refractivity contribution in [1.29, 1.82) is 0 Å². The van der Waals surface area contributed by atoms with Crippen molar-refractivity contribution < 1.29 is 0 Å².